The van der Waals surface area contributed by atoms with E-state index >= 15 is 0 Å². The first kappa shape index (κ1) is 23.2. The van der Waals surface area contributed by atoms with Gasteiger partial charge in [-0.25, -0.2) is 4.98 Å². The molecule has 1 amide bonds. The maximum atomic E-state index is 12.6. The van der Waals surface area contributed by atoms with Crippen LogP contribution in [0.5, 0.6) is 0 Å². The number of benzene rings is 1. The summed E-state index contributed by atoms with van der Waals surface area (Å²) >= 11 is 7.48. The zero-order chi connectivity index (χ0) is 23.2. The number of anilines is 2. The molecule has 1 fully saturated rings. The number of thiazole rings is 1. The standard InChI is InChI=1S/C24H26ClN5O2S/c25-17-6-3-8-18(12-17)28-14-20(31)11-16-5-4-10-30(15-16)24-29-22(23(26)32)21(33-24)13-19-7-1-2-9-27-19/h1-3,6-9,12,16,28H,4-5,10-11,13-15H2,(H2,26,32)/t16-/m0/s1. The van der Waals surface area contributed by atoms with Crippen LogP contribution in [0, 0.1) is 5.92 Å². The van der Waals surface area contributed by atoms with Gasteiger partial charge in [0.1, 0.15) is 5.69 Å². The molecule has 0 unspecified atom stereocenters. The van der Waals surface area contributed by atoms with E-state index in [1.54, 1.807) is 18.3 Å². The Balaban J connectivity index is 1.38. The summed E-state index contributed by atoms with van der Waals surface area (Å²) < 4.78 is 0. The molecule has 4 rings (SSSR count). The molecular weight excluding hydrogens is 458 g/mol. The van der Waals surface area contributed by atoms with Crippen LogP contribution in [0.15, 0.2) is 48.7 Å². The molecule has 1 atom stereocenters. The average molecular weight is 484 g/mol. The van der Waals surface area contributed by atoms with Gasteiger partial charge in [0.25, 0.3) is 5.91 Å². The fourth-order valence-corrected chi connectivity index (χ4v) is 5.36. The monoisotopic (exact) mass is 483 g/mol. The molecule has 0 bridgehead atoms. The number of hydrogen-bond acceptors (Lipinski definition) is 7. The number of Topliss-reactive ketones (excluding diaryl/α,β-unsaturated/α-hetero) is 1. The second-order valence-corrected chi connectivity index (χ2v) is 9.69. The Kier molecular flexibility index (Phi) is 7.57. The van der Waals surface area contributed by atoms with Crippen LogP contribution in [-0.4, -0.2) is 41.3 Å². The predicted octanol–water partition coefficient (Wildman–Crippen LogP) is 4.17. The Morgan fingerprint density at radius 2 is 2.12 bits per heavy atom. The van der Waals surface area contributed by atoms with Gasteiger partial charge >= 0.3 is 0 Å². The first-order valence-electron chi connectivity index (χ1n) is 10.9. The number of ketones is 1. The lowest BCUT2D eigenvalue weighted by Crippen LogP contribution is -2.36. The molecule has 0 spiro atoms. The van der Waals surface area contributed by atoms with Gasteiger partial charge in [0.05, 0.1) is 6.54 Å². The minimum Gasteiger partial charge on any atom is -0.378 e. The molecule has 0 aliphatic carbocycles. The maximum Gasteiger partial charge on any atom is 0.268 e. The third kappa shape index (κ3) is 6.30. The van der Waals surface area contributed by atoms with Gasteiger partial charge in [-0.05, 0) is 49.1 Å². The van der Waals surface area contributed by atoms with E-state index in [9.17, 15) is 9.59 Å². The van der Waals surface area contributed by atoms with Crippen molar-refractivity contribution in [2.24, 2.45) is 11.7 Å². The normalized spacial score (nSPS) is 15.9. The summed E-state index contributed by atoms with van der Waals surface area (Å²) in [5.74, 6) is -0.124. The number of carbonyl (C=O) groups excluding carboxylic acids is 2. The Labute approximate surface area is 202 Å². The lowest BCUT2D eigenvalue weighted by molar-refractivity contribution is -0.118. The number of nitrogens with two attached hydrogens (primary N) is 1. The third-order valence-electron chi connectivity index (χ3n) is 5.61. The van der Waals surface area contributed by atoms with E-state index in [1.807, 2.05) is 30.3 Å². The van der Waals surface area contributed by atoms with Gasteiger partial charge in [-0.1, -0.05) is 23.7 Å². The summed E-state index contributed by atoms with van der Waals surface area (Å²) in [4.78, 5) is 36.5. The lowest BCUT2D eigenvalue weighted by atomic mass is 9.93. The van der Waals surface area contributed by atoms with Crippen LogP contribution in [0.2, 0.25) is 5.02 Å². The minimum atomic E-state index is -0.528. The van der Waals surface area contributed by atoms with Crippen LogP contribution in [0.4, 0.5) is 10.8 Å². The molecule has 1 aliphatic heterocycles. The SMILES string of the molecule is NC(=O)c1nc(N2CCC[C@@H](CC(=O)CNc3cccc(Cl)c3)C2)sc1Cc1ccccn1. The molecule has 2 aromatic heterocycles. The zero-order valence-corrected chi connectivity index (χ0v) is 19.7. The Hall–Kier alpha value is -2.97. The number of primary amides is 1. The quantitative estimate of drug-likeness (QED) is 0.473. The third-order valence-corrected chi connectivity index (χ3v) is 6.96. The molecule has 33 heavy (non-hydrogen) atoms. The van der Waals surface area contributed by atoms with Crippen molar-refractivity contribution in [2.45, 2.75) is 25.7 Å². The largest absolute Gasteiger partial charge is 0.378 e. The first-order valence-corrected chi connectivity index (χ1v) is 12.1. The fourth-order valence-electron chi connectivity index (χ4n) is 4.05. The molecule has 3 N–H and O–H groups in total. The number of rotatable bonds is 9. The van der Waals surface area contributed by atoms with Crippen LogP contribution < -0.4 is 16.0 Å². The van der Waals surface area contributed by atoms with Crippen molar-refractivity contribution in [1.82, 2.24) is 9.97 Å². The zero-order valence-electron chi connectivity index (χ0n) is 18.2. The maximum absolute atomic E-state index is 12.6. The molecule has 0 saturated carbocycles. The van der Waals surface area contributed by atoms with Crippen LogP contribution in [0.3, 0.4) is 0 Å². The van der Waals surface area contributed by atoms with Crippen molar-refractivity contribution in [1.29, 1.82) is 0 Å². The van der Waals surface area contributed by atoms with Gasteiger partial charge in [0.15, 0.2) is 10.9 Å². The van der Waals surface area contributed by atoms with Gasteiger partial charge in [-0.3, -0.25) is 14.6 Å². The van der Waals surface area contributed by atoms with Gasteiger partial charge < -0.3 is 16.0 Å². The van der Waals surface area contributed by atoms with E-state index in [-0.39, 0.29) is 18.2 Å². The average Bonchev–Trinajstić information content (AvgIpc) is 3.23. The van der Waals surface area contributed by atoms with Crippen LogP contribution >= 0.6 is 22.9 Å². The highest BCUT2D eigenvalue weighted by atomic mass is 35.5. The van der Waals surface area contributed by atoms with E-state index in [0.29, 0.717) is 23.6 Å². The Morgan fingerprint density at radius 1 is 1.24 bits per heavy atom. The number of hydrogen-bond donors (Lipinski definition) is 2. The van der Waals surface area contributed by atoms with Crippen molar-refractivity contribution >= 4 is 45.4 Å². The number of nitrogens with one attached hydrogen (secondary N) is 1. The van der Waals surface area contributed by atoms with E-state index in [1.165, 1.54) is 11.3 Å². The van der Waals surface area contributed by atoms with Crippen molar-refractivity contribution in [3.05, 3.63) is 69.9 Å². The molecule has 0 radical (unpaired) electrons. The summed E-state index contributed by atoms with van der Waals surface area (Å²) in [5, 5.41) is 4.57. The molecule has 1 aliphatic rings. The van der Waals surface area contributed by atoms with Crippen molar-refractivity contribution in [3.63, 3.8) is 0 Å². The molecule has 172 valence electrons. The molecule has 1 saturated heterocycles. The van der Waals surface area contributed by atoms with E-state index in [0.717, 1.165) is 47.3 Å². The van der Waals surface area contributed by atoms with Gasteiger partial charge in [0.2, 0.25) is 0 Å². The highest BCUT2D eigenvalue weighted by Gasteiger charge is 2.26. The summed E-state index contributed by atoms with van der Waals surface area (Å²) in [6, 6.07) is 13.0. The summed E-state index contributed by atoms with van der Waals surface area (Å²) in [6.07, 6.45) is 4.71. The number of halogens is 1. The van der Waals surface area contributed by atoms with Crippen molar-refractivity contribution < 1.29 is 9.59 Å². The van der Waals surface area contributed by atoms with E-state index in [2.05, 4.69) is 20.2 Å². The second-order valence-electron chi connectivity index (χ2n) is 8.19. The van der Waals surface area contributed by atoms with Gasteiger partial charge in [-0.2, -0.15) is 0 Å². The van der Waals surface area contributed by atoms with Gasteiger partial charge in [0, 0.05) is 53.4 Å². The minimum absolute atomic E-state index is 0.162. The molecular formula is C24H26ClN5O2S. The summed E-state index contributed by atoms with van der Waals surface area (Å²) in [6.45, 7) is 1.85. The lowest BCUT2D eigenvalue weighted by Gasteiger charge is -2.32. The number of amides is 1. The molecule has 1 aromatic carbocycles. The van der Waals surface area contributed by atoms with Crippen molar-refractivity contribution in [2.75, 3.05) is 29.9 Å². The molecule has 3 heterocycles. The molecule has 3 aromatic rings. The number of piperidine rings is 1. The molecule has 9 heteroatoms. The summed E-state index contributed by atoms with van der Waals surface area (Å²) in [7, 11) is 0. The van der Waals surface area contributed by atoms with Crippen LogP contribution in [-0.2, 0) is 11.2 Å². The predicted molar refractivity (Wildman–Crippen MR) is 132 cm³/mol. The Morgan fingerprint density at radius 3 is 2.88 bits per heavy atom. The van der Waals surface area contributed by atoms with Crippen LogP contribution in [0.25, 0.3) is 0 Å². The second kappa shape index (κ2) is 10.8. The smallest absolute Gasteiger partial charge is 0.268 e. The van der Waals surface area contributed by atoms with Gasteiger partial charge in [-0.15, -0.1) is 11.3 Å². The van der Waals surface area contributed by atoms with E-state index < -0.39 is 5.91 Å². The number of pyridine rings is 1. The summed E-state index contributed by atoms with van der Waals surface area (Å²) in [5.41, 5.74) is 7.61. The number of nitrogens with zero attached hydrogens (tertiary/aromatic N) is 3. The number of aromatic nitrogens is 2. The van der Waals surface area contributed by atoms with Crippen LogP contribution in [0.1, 0.15) is 40.3 Å². The fraction of sp³-hybridized carbons (Fsp3) is 0.333. The topological polar surface area (TPSA) is 101 Å². The molecule has 7 nitrogen and oxygen atoms in total. The highest BCUT2D eigenvalue weighted by molar-refractivity contribution is 7.16. The number of carbonyl (C=O) groups is 2. The van der Waals surface area contributed by atoms with E-state index in [4.69, 9.17) is 17.3 Å². The first-order chi connectivity index (χ1) is 16.0. The Bertz CT molecular complexity index is 1120. The highest BCUT2D eigenvalue weighted by Crippen LogP contribution is 2.32. The van der Waals surface area contributed by atoms with Crippen molar-refractivity contribution in [3.8, 4) is 0 Å².